The van der Waals surface area contributed by atoms with Crippen molar-refractivity contribution in [2.24, 2.45) is 0 Å². The Bertz CT molecular complexity index is 998. The third-order valence-corrected chi connectivity index (χ3v) is 5.17. The number of methoxy groups -OCH3 is 1. The van der Waals surface area contributed by atoms with Crippen LogP contribution in [0.4, 0.5) is 10.1 Å². The van der Waals surface area contributed by atoms with E-state index in [1.165, 1.54) is 12.1 Å². The van der Waals surface area contributed by atoms with Gasteiger partial charge < -0.3 is 19.1 Å². The Morgan fingerprint density at radius 3 is 2.63 bits per heavy atom. The molecule has 3 aromatic rings. The highest BCUT2D eigenvalue weighted by molar-refractivity contribution is 5.76. The molecule has 1 fully saturated rings. The van der Waals surface area contributed by atoms with E-state index < -0.39 is 0 Å². The number of ether oxygens (including phenoxy) is 1. The van der Waals surface area contributed by atoms with Gasteiger partial charge >= 0.3 is 0 Å². The number of hydrogen-bond donors (Lipinski definition) is 0. The highest BCUT2D eigenvalue weighted by atomic mass is 19.1. The molecule has 0 aliphatic carbocycles. The molecule has 30 heavy (non-hydrogen) atoms. The van der Waals surface area contributed by atoms with E-state index >= 15 is 0 Å². The van der Waals surface area contributed by atoms with Crippen LogP contribution in [0.25, 0.3) is 11.4 Å². The van der Waals surface area contributed by atoms with Crippen LogP contribution in [0, 0.1) is 5.82 Å². The summed E-state index contributed by atoms with van der Waals surface area (Å²) in [5, 5.41) is 3.91. The number of aromatic nitrogens is 2. The highest BCUT2D eigenvalue weighted by Crippen LogP contribution is 2.22. The van der Waals surface area contributed by atoms with Gasteiger partial charge in [0.15, 0.2) is 0 Å². The first kappa shape index (κ1) is 19.9. The quantitative estimate of drug-likeness (QED) is 0.622. The number of aryl methyl sites for hydroxylation is 1. The van der Waals surface area contributed by atoms with Crippen LogP contribution in [-0.4, -0.2) is 54.2 Å². The molecule has 1 aliphatic rings. The van der Waals surface area contributed by atoms with Crippen molar-refractivity contribution in [3.63, 3.8) is 0 Å². The lowest BCUT2D eigenvalue weighted by Gasteiger charge is -2.36. The van der Waals surface area contributed by atoms with Crippen LogP contribution >= 0.6 is 0 Å². The van der Waals surface area contributed by atoms with Gasteiger partial charge in [0.2, 0.25) is 17.6 Å². The second-order valence-electron chi connectivity index (χ2n) is 7.09. The molecular weight excluding hydrogens is 387 g/mol. The predicted octanol–water partition coefficient (Wildman–Crippen LogP) is 3.17. The molecule has 2 heterocycles. The third kappa shape index (κ3) is 4.59. The maximum Gasteiger partial charge on any atom is 0.227 e. The van der Waals surface area contributed by atoms with Gasteiger partial charge in [0.25, 0.3) is 0 Å². The van der Waals surface area contributed by atoms with Gasteiger partial charge in [-0.25, -0.2) is 4.39 Å². The number of carbonyl (C=O) groups is 1. The second-order valence-corrected chi connectivity index (χ2v) is 7.09. The molecule has 1 aromatic heterocycles. The smallest absolute Gasteiger partial charge is 0.227 e. The van der Waals surface area contributed by atoms with Crippen molar-refractivity contribution in [2.75, 3.05) is 38.2 Å². The van der Waals surface area contributed by atoms with Crippen molar-refractivity contribution in [3.05, 3.63) is 60.2 Å². The van der Waals surface area contributed by atoms with Gasteiger partial charge in [0, 0.05) is 56.3 Å². The van der Waals surface area contributed by atoms with Crippen molar-refractivity contribution >= 4 is 11.6 Å². The van der Waals surface area contributed by atoms with E-state index in [1.807, 2.05) is 29.2 Å². The van der Waals surface area contributed by atoms with Gasteiger partial charge in [-0.3, -0.25) is 4.79 Å². The molecular formula is C22H23FN4O3. The first-order valence-electron chi connectivity index (χ1n) is 9.87. The SMILES string of the molecule is COc1cccc(N2CCN(C(=O)CCc3nc(-c4ccc(F)cc4)no3)CC2)c1. The molecule has 0 bridgehead atoms. The summed E-state index contributed by atoms with van der Waals surface area (Å²) in [6.45, 7) is 2.88. The number of halogens is 1. The first-order chi connectivity index (χ1) is 14.6. The fourth-order valence-corrected chi connectivity index (χ4v) is 3.47. The van der Waals surface area contributed by atoms with E-state index in [0.717, 1.165) is 24.5 Å². The van der Waals surface area contributed by atoms with Crippen LogP contribution in [0.3, 0.4) is 0 Å². The monoisotopic (exact) mass is 410 g/mol. The van der Waals surface area contributed by atoms with Crippen LogP contribution in [0.15, 0.2) is 53.1 Å². The fraction of sp³-hybridized carbons (Fsp3) is 0.318. The van der Waals surface area contributed by atoms with Gasteiger partial charge in [0.1, 0.15) is 11.6 Å². The van der Waals surface area contributed by atoms with Gasteiger partial charge in [-0.05, 0) is 36.4 Å². The summed E-state index contributed by atoms with van der Waals surface area (Å²) >= 11 is 0. The normalized spacial score (nSPS) is 14.1. The number of carbonyl (C=O) groups excluding carboxylic acids is 1. The van der Waals surface area contributed by atoms with Crippen molar-refractivity contribution < 1.29 is 18.4 Å². The molecule has 0 unspecified atom stereocenters. The molecule has 8 heteroatoms. The lowest BCUT2D eigenvalue weighted by Crippen LogP contribution is -2.48. The molecule has 156 valence electrons. The summed E-state index contributed by atoms with van der Waals surface area (Å²) in [6.07, 6.45) is 0.688. The number of piperazine rings is 1. The zero-order valence-electron chi connectivity index (χ0n) is 16.8. The molecule has 0 N–H and O–H groups in total. The Labute approximate surface area is 174 Å². The van der Waals surface area contributed by atoms with Gasteiger partial charge in [0.05, 0.1) is 7.11 Å². The minimum atomic E-state index is -0.320. The maximum absolute atomic E-state index is 13.0. The molecule has 0 atom stereocenters. The minimum absolute atomic E-state index is 0.0711. The maximum atomic E-state index is 13.0. The summed E-state index contributed by atoms with van der Waals surface area (Å²) in [5.74, 6) is 1.37. The summed E-state index contributed by atoms with van der Waals surface area (Å²) in [4.78, 5) is 21.0. The summed E-state index contributed by atoms with van der Waals surface area (Å²) in [6, 6.07) is 13.8. The Kier molecular flexibility index (Phi) is 5.92. The molecule has 7 nitrogen and oxygen atoms in total. The van der Waals surface area contributed by atoms with Crippen LogP contribution < -0.4 is 9.64 Å². The van der Waals surface area contributed by atoms with E-state index in [4.69, 9.17) is 9.26 Å². The Morgan fingerprint density at radius 2 is 1.90 bits per heavy atom. The van der Waals surface area contributed by atoms with E-state index in [9.17, 15) is 9.18 Å². The van der Waals surface area contributed by atoms with Crippen molar-refractivity contribution in [1.82, 2.24) is 15.0 Å². The summed E-state index contributed by atoms with van der Waals surface area (Å²) in [5.41, 5.74) is 1.77. The van der Waals surface area contributed by atoms with Crippen molar-refractivity contribution in [2.45, 2.75) is 12.8 Å². The Balaban J connectivity index is 1.28. The molecule has 1 aliphatic heterocycles. The molecule has 4 rings (SSSR count). The van der Waals surface area contributed by atoms with E-state index in [2.05, 4.69) is 15.0 Å². The molecule has 0 radical (unpaired) electrons. The third-order valence-electron chi connectivity index (χ3n) is 5.17. The first-order valence-corrected chi connectivity index (χ1v) is 9.87. The number of rotatable bonds is 6. The largest absolute Gasteiger partial charge is 0.497 e. The number of nitrogens with zero attached hydrogens (tertiary/aromatic N) is 4. The number of benzene rings is 2. The van der Waals surface area contributed by atoms with Crippen molar-refractivity contribution in [1.29, 1.82) is 0 Å². The van der Waals surface area contributed by atoms with Gasteiger partial charge in [-0.15, -0.1) is 0 Å². The van der Waals surface area contributed by atoms with Gasteiger partial charge in [-0.2, -0.15) is 4.98 Å². The van der Waals surface area contributed by atoms with Crippen LogP contribution in [0.5, 0.6) is 5.75 Å². The molecule has 1 saturated heterocycles. The zero-order valence-corrected chi connectivity index (χ0v) is 16.8. The standard InChI is InChI=1S/C22H23FN4O3/c1-29-19-4-2-3-18(15-19)26-11-13-27(14-12-26)21(28)10-9-20-24-22(25-30-20)16-5-7-17(23)8-6-16/h2-8,15H,9-14H2,1H3. The van der Waals surface area contributed by atoms with E-state index in [1.54, 1.807) is 19.2 Å². The van der Waals surface area contributed by atoms with E-state index in [-0.39, 0.29) is 11.7 Å². The Hall–Kier alpha value is -3.42. The van der Waals surface area contributed by atoms with Crippen molar-refractivity contribution in [3.8, 4) is 17.1 Å². The predicted molar refractivity (Wildman–Crippen MR) is 110 cm³/mol. The number of hydrogen-bond acceptors (Lipinski definition) is 6. The molecule has 0 saturated carbocycles. The van der Waals surface area contributed by atoms with E-state index in [0.29, 0.717) is 43.2 Å². The minimum Gasteiger partial charge on any atom is -0.497 e. The topological polar surface area (TPSA) is 71.7 Å². The summed E-state index contributed by atoms with van der Waals surface area (Å²) in [7, 11) is 1.65. The average Bonchev–Trinajstić information content (AvgIpc) is 3.27. The fourth-order valence-electron chi connectivity index (χ4n) is 3.47. The lowest BCUT2D eigenvalue weighted by molar-refractivity contribution is -0.131. The second kappa shape index (κ2) is 8.94. The summed E-state index contributed by atoms with van der Waals surface area (Å²) < 4.78 is 23.6. The molecule has 0 spiro atoms. The van der Waals surface area contributed by atoms with Crippen LogP contribution in [-0.2, 0) is 11.2 Å². The van der Waals surface area contributed by atoms with Crippen LogP contribution in [0.2, 0.25) is 0 Å². The van der Waals surface area contributed by atoms with Gasteiger partial charge in [-0.1, -0.05) is 11.2 Å². The number of anilines is 1. The molecule has 2 aromatic carbocycles. The Morgan fingerprint density at radius 1 is 1.13 bits per heavy atom. The van der Waals surface area contributed by atoms with Crippen LogP contribution in [0.1, 0.15) is 12.3 Å². The lowest BCUT2D eigenvalue weighted by atomic mass is 10.2. The highest BCUT2D eigenvalue weighted by Gasteiger charge is 2.22. The molecule has 1 amide bonds. The average molecular weight is 410 g/mol. The zero-order chi connectivity index (χ0) is 20.9. The number of amides is 1.